The third-order valence-electron chi connectivity index (χ3n) is 5.18. The fraction of sp³-hybridized carbons (Fsp3) is 0. The second-order valence-corrected chi connectivity index (χ2v) is 7.20. The Balaban J connectivity index is 1.33. The zero-order chi connectivity index (χ0) is 20.6. The summed E-state index contributed by atoms with van der Waals surface area (Å²) in [6.07, 6.45) is 3.54. The minimum Gasteiger partial charge on any atom is -0.337 e. The fourth-order valence-corrected chi connectivity index (χ4v) is 3.66. The Kier molecular flexibility index (Phi) is 3.96. The lowest BCUT2D eigenvalue weighted by molar-refractivity contribution is 1.08. The van der Waals surface area contributed by atoms with Crippen LogP contribution in [0.15, 0.2) is 85.2 Å². The van der Waals surface area contributed by atoms with Gasteiger partial charge in [-0.25, -0.2) is 15.0 Å². The van der Waals surface area contributed by atoms with Gasteiger partial charge >= 0.3 is 0 Å². The number of hydrogen-bond donors (Lipinski definition) is 3. The summed E-state index contributed by atoms with van der Waals surface area (Å²) in [4.78, 5) is 17.1. The minimum absolute atomic E-state index is 0.657. The number of hydrogen-bond acceptors (Lipinski definition) is 5. The molecule has 3 aromatic carbocycles. The molecular weight excluding hydrogens is 386 g/mol. The summed E-state index contributed by atoms with van der Waals surface area (Å²) in [5, 5.41) is 13.0. The smallest absolute Gasteiger partial charge is 0.161 e. The molecule has 0 fully saturated rings. The van der Waals surface area contributed by atoms with Gasteiger partial charge in [0.05, 0.1) is 16.7 Å². The Morgan fingerprint density at radius 1 is 0.806 bits per heavy atom. The van der Waals surface area contributed by atoms with Gasteiger partial charge in [0.2, 0.25) is 0 Å². The van der Waals surface area contributed by atoms with Crippen LogP contribution < -0.4 is 5.32 Å². The van der Waals surface area contributed by atoms with Crippen LogP contribution in [0.1, 0.15) is 0 Å². The van der Waals surface area contributed by atoms with E-state index in [2.05, 4.69) is 54.7 Å². The summed E-state index contributed by atoms with van der Waals surface area (Å²) in [6, 6.07) is 24.2. The van der Waals surface area contributed by atoms with Crippen molar-refractivity contribution < 1.29 is 0 Å². The number of aromatic nitrogens is 6. The van der Waals surface area contributed by atoms with E-state index >= 15 is 0 Å². The van der Waals surface area contributed by atoms with Crippen LogP contribution in [0.2, 0.25) is 0 Å². The van der Waals surface area contributed by atoms with Gasteiger partial charge in [-0.15, -0.1) is 0 Å². The Hall–Kier alpha value is -4.52. The second kappa shape index (κ2) is 7.07. The van der Waals surface area contributed by atoms with E-state index in [1.807, 2.05) is 48.5 Å². The van der Waals surface area contributed by atoms with Crippen LogP contribution >= 0.6 is 0 Å². The van der Waals surface area contributed by atoms with Crippen molar-refractivity contribution >= 4 is 33.3 Å². The van der Waals surface area contributed by atoms with Gasteiger partial charge in [-0.3, -0.25) is 5.10 Å². The predicted octanol–water partition coefficient (Wildman–Crippen LogP) is 5.31. The second-order valence-electron chi connectivity index (χ2n) is 7.20. The van der Waals surface area contributed by atoms with E-state index in [0.717, 1.165) is 27.7 Å². The van der Waals surface area contributed by atoms with Gasteiger partial charge in [0, 0.05) is 18.0 Å². The maximum Gasteiger partial charge on any atom is 0.161 e. The first kappa shape index (κ1) is 17.3. The van der Waals surface area contributed by atoms with Crippen LogP contribution in [0.25, 0.3) is 44.7 Å². The average molecular weight is 403 g/mol. The maximum atomic E-state index is 4.71. The van der Waals surface area contributed by atoms with Crippen molar-refractivity contribution in [2.75, 3.05) is 5.32 Å². The number of nitrogens with one attached hydrogen (secondary N) is 3. The van der Waals surface area contributed by atoms with Crippen LogP contribution in [0, 0.1) is 0 Å². The highest BCUT2D eigenvalue weighted by Crippen LogP contribution is 2.28. The Morgan fingerprint density at radius 2 is 1.68 bits per heavy atom. The number of H-pyrrole nitrogens is 2. The monoisotopic (exact) mass is 403 g/mol. The third-order valence-corrected chi connectivity index (χ3v) is 5.18. The van der Waals surface area contributed by atoms with Crippen LogP contribution in [-0.4, -0.2) is 30.1 Å². The molecule has 0 saturated heterocycles. The van der Waals surface area contributed by atoms with Crippen molar-refractivity contribution in [1.29, 1.82) is 0 Å². The van der Waals surface area contributed by atoms with Crippen LogP contribution in [0.3, 0.4) is 0 Å². The number of nitrogens with zero attached hydrogens (tertiary/aromatic N) is 4. The molecular formula is C24H17N7. The van der Waals surface area contributed by atoms with E-state index in [0.29, 0.717) is 23.2 Å². The quantitative estimate of drug-likeness (QED) is 0.371. The van der Waals surface area contributed by atoms with Crippen LogP contribution in [-0.2, 0) is 0 Å². The SMILES string of the molecule is c1ccc2cc(-c3nccc(Nc4c[nH]nc4-c4nc5ccccc5[nH]4)n3)ccc2c1. The van der Waals surface area contributed by atoms with Gasteiger partial charge in [0.25, 0.3) is 0 Å². The highest BCUT2D eigenvalue weighted by atomic mass is 15.2. The largest absolute Gasteiger partial charge is 0.337 e. The van der Waals surface area contributed by atoms with Gasteiger partial charge in [-0.1, -0.05) is 48.5 Å². The first-order chi connectivity index (χ1) is 15.3. The maximum absolute atomic E-state index is 4.71. The number of benzene rings is 3. The highest BCUT2D eigenvalue weighted by molar-refractivity contribution is 5.86. The Labute approximate surface area is 177 Å². The number of anilines is 2. The molecule has 6 aromatic rings. The lowest BCUT2D eigenvalue weighted by Gasteiger charge is -2.07. The molecule has 0 saturated carbocycles. The minimum atomic E-state index is 0.657. The molecule has 7 heteroatoms. The summed E-state index contributed by atoms with van der Waals surface area (Å²) < 4.78 is 0. The zero-order valence-electron chi connectivity index (χ0n) is 16.4. The lowest BCUT2D eigenvalue weighted by atomic mass is 10.1. The molecule has 6 rings (SSSR count). The molecule has 0 aliphatic carbocycles. The number of rotatable bonds is 4. The van der Waals surface area contributed by atoms with Crippen molar-refractivity contribution in [2.24, 2.45) is 0 Å². The third kappa shape index (κ3) is 3.18. The molecule has 7 nitrogen and oxygen atoms in total. The van der Waals surface area contributed by atoms with Crippen LogP contribution in [0.5, 0.6) is 0 Å². The predicted molar refractivity (Wildman–Crippen MR) is 122 cm³/mol. The van der Waals surface area contributed by atoms with Gasteiger partial charge < -0.3 is 10.3 Å². The molecule has 3 N–H and O–H groups in total. The highest BCUT2D eigenvalue weighted by Gasteiger charge is 2.14. The summed E-state index contributed by atoms with van der Waals surface area (Å²) in [5.74, 6) is 2.02. The first-order valence-corrected chi connectivity index (χ1v) is 9.92. The van der Waals surface area contributed by atoms with E-state index < -0.39 is 0 Å². The number of imidazole rings is 1. The van der Waals surface area contributed by atoms with Crippen molar-refractivity contribution in [3.8, 4) is 22.9 Å². The topological polar surface area (TPSA) is 95.2 Å². The van der Waals surface area contributed by atoms with Crippen LogP contribution in [0.4, 0.5) is 11.5 Å². The van der Waals surface area contributed by atoms with Crippen molar-refractivity contribution in [1.82, 2.24) is 30.1 Å². The Morgan fingerprint density at radius 3 is 2.61 bits per heavy atom. The molecule has 0 radical (unpaired) electrons. The normalized spacial score (nSPS) is 11.2. The number of para-hydroxylation sites is 2. The summed E-state index contributed by atoms with van der Waals surface area (Å²) in [5.41, 5.74) is 4.30. The first-order valence-electron chi connectivity index (χ1n) is 9.92. The summed E-state index contributed by atoms with van der Waals surface area (Å²) in [7, 11) is 0. The van der Waals surface area contributed by atoms with E-state index in [4.69, 9.17) is 4.98 Å². The van der Waals surface area contributed by atoms with Crippen molar-refractivity contribution in [2.45, 2.75) is 0 Å². The standard InChI is InChI=1S/C24H17N7/c1-2-6-16-13-17(10-9-15(16)5-1)23-25-12-11-21(30-23)27-20-14-26-31-22(20)24-28-18-7-3-4-8-19(18)29-24/h1-14H,(H,26,31)(H,28,29)(H,25,27,30). The van der Waals surface area contributed by atoms with Gasteiger partial charge in [0.15, 0.2) is 17.3 Å². The lowest BCUT2D eigenvalue weighted by Crippen LogP contribution is -1.97. The van der Waals surface area contributed by atoms with Gasteiger partial charge in [-0.2, -0.15) is 5.10 Å². The van der Waals surface area contributed by atoms with E-state index in [9.17, 15) is 0 Å². The summed E-state index contributed by atoms with van der Waals surface area (Å²) >= 11 is 0. The fourth-order valence-electron chi connectivity index (χ4n) is 3.66. The van der Waals surface area contributed by atoms with Gasteiger partial charge in [0.1, 0.15) is 5.82 Å². The number of fused-ring (bicyclic) bond motifs is 2. The molecule has 0 bridgehead atoms. The molecule has 0 atom stereocenters. The zero-order valence-corrected chi connectivity index (χ0v) is 16.4. The van der Waals surface area contributed by atoms with E-state index in [1.165, 1.54) is 5.39 Å². The average Bonchev–Trinajstić information content (AvgIpc) is 3.45. The number of aromatic amines is 2. The molecule has 0 spiro atoms. The van der Waals surface area contributed by atoms with E-state index in [1.54, 1.807) is 12.4 Å². The molecule has 31 heavy (non-hydrogen) atoms. The molecule has 0 aliphatic rings. The molecule has 148 valence electrons. The molecule has 0 unspecified atom stereocenters. The van der Waals surface area contributed by atoms with E-state index in [-0.39, 0.29) is 0 Å². The molecule has 3 aromatic heterocycles. The molecule has 0 amide bonds. The Bertz CT molecular complexity index is 1500. The molecule has 3 heterocycles. The molecule has 0 aliphatic heterocycles. The van der Waals surface area contributed by atoms with Crippen molar-refractivity contribution in [3.05, 3.63) is 85.2 Å². The summed E-state index contributed by atoms with van der Waals surface area (Å²) in [6.45, 7) is 0. The van der Waals surface area contributed by atoms with Gasteiger partial charge in [-0.05, 0) is 35.0 Å². The van der Waals surface area contributed by atoms with Crippen molar-refractivity contribution in [3.63, 3.8) is 0 Å².